The number of non-ortho nitro benzene ring substituents is 1. The lowest BCUT2D eigenvalue weighted by atomic mass is 9.63. The molecular weight excluding hydrogens is 480 g/mol. The number of carbonyl (C=O) groups excluding carboxylic acids is 1. The minimum Gasteiger partial charge on any atom is -0.478 e. The van der Waals surface area contributed by atoms with Crippen LogP contribution in [0, 0.1) is 10.1 Å². The second-order valence-corrected chi connectivity index (χ2v) is 8.57. The van der Waals surface area contributed by atoms with Gasteiger partial charge in [-0.3, -0.25) is 14.9 Å². The Bertz CT molecular complexity index is 1330. The number of hydrogen-bond acceptors (Lipinski definition) is 7. The van der Waals surface area contributed by atoms with Gasteiger partial charge in [0.15, 0.2) is 0 Å². The molecule has 2 aromatic rings. The average molecular weight is 507 g/mol. The molecule has 2 aromatic carbocycles. The van der Waals surface area contributed by atoms with E-state index in [1.165, 1.54) is 36.1 Å². The van der Waals surface area contributed by atoms with Crippen molar-refractivity contribution < 1.29 is 34.3 Å². The second-order valence-electron chi connectivity index (χ2n) is 8.57. The van der Waals surface area contributed by atoms with Gasteiger partial charge < -0.3 is 19.8 Å². The van der Waals surface area contributed by atoms with Gasteiger partial charge in [-0.25, -0.2) is 9.59 Å². The topological polar surface area (TPSA) is 147 Å². The van der Waals surface area contributed by atoms with Gasteiger partial charge in [0.25, 0.3) is 5.69 Å². The van der Waals surface area contributed by atoms with Gasteiger partial charge in [-0.2, -0.15) is 0 Å². The van der Waals surface area contributed by atoms with Crippen LogP contribution in [0.1, 0.15) is 38.3 Å². The fourth-order valence-electron chi connectivity index (χ4n) is 4.68. The molecule has 1 heterocycles. The molecule has 37 heavy (non-hydrogen) atoms. The zero-order valence-electron chi connectivity index (χ0n) is 20.7. The van der Waals surface area contributed by atoms with E-state index in [0.29, 0.717) is 22.7 Å². The van der Waals surface area contributed by atoms with Crippen molar-refractivity contribution in [3.8, 4) is 5.75 Å². The number of carboxylic acids is 2. The van der Waals surface area contributed by atoms with Gasteiger partial charge >= 0.3 is 17.9 Å². The van der Waals surface area contributed by atoms with E-state index in [-0.39, 0.29) is 28.8 Å². The molecule has 0 unspecified atom stereocenters. The van der Waals surface area contributed by atoms with Crippen LogP contribution in [-0.2, 0) is 19.8 Å². The third-order valence-electron chi connectivity index (χ3n) is 6.44. The summed E-state index contributed by atoms with van der Waals surface area (Å²) in [5, 5.41) is 32.2. The summed E-state index contributed by atoms with van der Waals surface area (Å²) in [5.74, 6) is -2.77. The molecule has 10 heteroatoms. The Balaban J connectivity index is 2.24. The number of hydrogen-bond donors (Lipinski definition) is 2. The molecule has 0 spiro atoms. The molecule has 0 saturated carbocycles. The highest BCUT2D eigenvalue weighted by Crippen LogP contribution is 2.50. The fraction of sp³-hybridized carbons (Fsp3) is 0.222. The highest BCUT2D eigenvalue weighted by molar-refractivity contribution is 6.01. The molecule has 0 atom stereocenters. The lowest BCUT2D eigenvalue weighted by molar-refractivity contribution is -0.385. The summed E-state index contributed by atoms with van der Waals surface area (Å²) in [6.45, 7) is 4.44. The maximum Gasteiger partial charge on any atom is 0.334 e. The number of esters is 1. The number of ether oxygens (including phenoxy) is 1. The summed E-state index contributed by atoms with van der Waals surface area (Å²) in [6.07, 6.45) is 3.21. The summed E-state index contributed by atoms with van der Waals surface area (Å²) in [6, 6.07) is 11.9. The van der Waals surface area contributed by atoms with Gasteiger partial charge in [0.05, 0.1) is 21.5 Å². The first kappa shape index (κ1) is 26.9. The Morgan fingerprint density at radius 1 is 1.03 bits per heavy atom. The first-order chi connectivity index (χ1) is 17.4. The number of benzene rings is 2. The summed E-state index contributed by atoms with van der Waals surface area (Å²) in [7, 11) is 1.58. The predicted molar refractivity (Wildman–Crippen MR) is 135 cm³/mol. The zero-order valence-corrected chi connectivity index (χ0v) is 20.7. The van der Waals surface area contributed by atoms with E-state index in [1.54, 1.807) is 57.3 Å². The number of aliphatic carboxylic acids is 2. The van der Waals surface area contributed by atoms with Crippen LogP contribution < -0.4 is 4.74 Å². The van der Waals surface area contributed by atoms with Crippen LogP contribution in [0.2, 0.25) is 0 Å². The number of nitro benzene ring substituents is 1. The molecule has 0 bridgehead atoms. The van der Waals surface area contributed by atoms with Crippen LogP contribution in [-0.4, -0.2) is 45.0 Å². The van der Waals surface area contributed by atoms with Crippen LogP contribution in [0.25, 0.3) is 6.08 Å². The van der Waals surface area contributed by atoms with E-state index in [4.69, 9.17) is 4.74 Å². The number of rotatable bonds is 8. The van der Waals surface area contributed by atoms with E-state index in [2.05, 4.69) is 0 Å². The number of nitrogens with zero attached hydrogens (tertiary/aromatic N) is 2. The van der Waals surface area contributed by atoms with Crippen molar-refractivity contribution in [3.63, 3.8) is 0 Å². The fourth-order valence-corrected chi connectivity index (χ4v) is 4.68. The quantitative estimate of drug-likeness (QED) is 0.228. The third kappa shape index (κ3) is 5.13. The smallest absolute Gasteiger partial charge is 0.334 e. The van der Waals surface area contributed by atoms with Crippen molar-refractivity contribution >= 4 is 29.7 Å². The Morgan fingerprint density at radius 2 is 1.59 bits per heavy atom. The van der Waals surface area contributed by atoms with Gasteiger partial charge in [0.1, 0.15) is 5.75 Å². The van der Waals surface area contributed by atoms with Gasteiger partial charge in [0.2, 0.25) is 0 Å². The number of allylic oxidation sites excluding steroid dienone is 3. The second kappa shape index (κ2) is 10.5. The van der Waals surface area contributed by atoms with Crippen molar-refractivity contribution in [3.05, 3.63) is 98.4 Å². The van der Waals surface area contributed by atoms with Crippen molar-refractivity contribution in [2.75, 3.05) is 7.05 Å². The number of nitro groups is 1. The molecular formula is C27H26N2O8. The molecule has 2 N–H and O–H groups in total. The average Bonchev–Trinajstić information content (AvgIpc) is 2.83. The van der Waals surface area contributed by atoms with Crippen LogP contribution >= 0.6 is 0 Å². The molecule has 1 aliphatic heterocycles. The summed E-state index contributed by atoms with van der Waals surface area (Å²) >= 11 is 0. The number of carboxylic acid groups (broad SMARTS) is 2. The largest absolute Gasteiger partial charge is 0.478 e. The van der Waals surface area contributed by atoms with Crippen LogP contribution in [0.4, 0.5) is 5.69 Å². The Morgan fingerprint density at radius 3 is 2.08 bits per heavy atom. The number of carbonyl (C=O) groups is 3. The summed E-state index contributed by atoms with van der Waals surface area (Å²) in [4.78, 5) is 48.9. The van der Waals surface area contributed by atoms with Gasteiger partial charge in [-0.05, 0) is 43.5 Å². The van der Waals surface area contributed by atoms with Gasteiger partial charge in [-0.1, -0.05) is 36.4 Å². The maximum absolute atomic E-state index is 12.7. The van der Waals surface area contributed by atoms with Crippen LogP contribution in [0.5, 0.6) is 5.75 Å². The van der Waals surface area contributed by atoms with E-state index in [0.717, 1.165) is 0 Å². The van der Waals surface area contributed by atoms with E-state index < -0.39 is 28.2 Å². The zero-order chi connectivity index (χ0) is 27.5. The SMILES string of the molecule is CC(=O)Oc1ccc(/C=C/CC2(c3cccc([N+](=O)[O-])c3)C(C(=O)O)=C(C)N(C)C(C)=C2C(=O)O)cc1. The third-order valence-corrected chi connectivity index (χ3v) is 6.44. The van der Waals surface area contributed by atoms with E-state index in [1.807, 2.05) is 0 Å². The normalized spacial score (nSPS) is 15.2. The molecule has 0 aliphatic carbocycles. The standard InChI is InChI=1S/C27H26N2O8/c1-16-23(25(31)32)27(24(26(33)34)17(2)28(16)4,20-8-5-9-21(15-20)29(35)36)14-6-7-19-10-12-22(13-11-19)37-18(3)30/h5-13,15H,14H2,1-4H3,(H,31,32)(H,33,34)/b7-6+. The van der Waals surface area contributed by atoms with Crippen molar-refractivity contribution in [2.45, 2.75) is 32.6 Å². The van der Waals surface area contributed by atoms with Crippen molar-refractivity contribution in [1.82, 2.24) is 4.90 Å². The molecule has 0 fully saturated rings. The first-order valence-corrected chi connectivity index (χ1v) is 11.2. The van der Waals surface area contributed by atoms with E-state index in [9.17, 15) is 34.7 Å². The molecule has 0 saturated heterocycles. The molecule has 0 aromatic heterocycles. The highest BCUT2D eigenvalue weighted by Gasteiger charge is 2.51. The van der Waals surface area contributed by atoms with Gasteiger partial charge in [-0.15, -0.1) is 0 Å². The maximum atomic E-state index is 12.7. The van der Waals surface area contributed by atoms with Crippen LogP contribution in [0.3, 0.4) is 0 Å². The minimum atomic E-state index is -1.72. The monoisotopic (exact) mass is 506 g/mol. The molecule has 0 amide bonds. The molecule has 0 radical (unpaired) electrons. The summed E-state index contributed by atoms with van der Waals surface area (Å²) < 4.78 is 5.02. The van der Waals surface area contributed by atoms with Crippen LogP contribution in [0.15, 0.2) is 77.1 Å². The van der Waals surface area contributed by atoms with E-state index >= 15 is 0 Å². The highest BCUT2D eigenvalue weighted by atomic mass is 16.6. The van der Waals surface area contributed by atoms with Gasteiger partial charge in [0, 0.05) is 37.5 Å². The Hall–Kier alpha value is -4.73. The molecule has 3 rings (SSSR count). The Labute approximate surface area is 212 Å². The minimum absolute atomic E-state index is 0.106. The predicted octanol–water partition coefficient (Wildman–Crippen LogP) is 4.52. The van der Waals surface area contributed by atoms with Crippen molar-refractivity contribution in [1.29, 1.82) is 0 Å². The molecule has 192 valence electrons. The first-order valence-electron chi connectivity index (χ1n) is 11.2. The molecule has 10 nitrogen and oxygen atoms in total. The summed E-state index contributed by atoms with van der Waals surface area (Å²) in [5.41, 5.74) is -0.876. The lowest BCUT2D eigenvalue weighted by Crippen LogP contribution is -2.45. The molecule has 1 aliphatic rings. The Kier molecular flexibility index (Phi) is 7.62. The van der Waals surface area contributed by atoms with Crippen molar-refractivity contribution in [2.24, 2.45) is 0 Å². The lowest BCUT2D eigenvalue weighted by Gasteiger charge is -2.43.